The first-order chi connectivity index (χ1) is 4.83. The van der Waals surface area contributed by atoms with Crippen molar-refractivity contribution in [2.24, 2.45) is 5.84 Å². The molecule has 1 aromatic rings. The molecule has 0 bridgehead atoms. The number of nitrogens with zero attached hydrogens (tertiary/aromatic N) is 1. The van der Waals surface area contributed by atoms with Gasteiger partial charge in [0.1, 0.15) is 0 Å². The zero-order valence-corrected chi connectivity index (χ0v) is 5.96. The normalized spacial score (nSPS) is 9.80. The van der Waals surface area contributed by atoms with E-state index in [2.05, 4.69) is 10.4 Å². The average molecular weight is 137 g/mol. The molecule has 0 atom stereocenters. The van der Waals surface area contributed by atoms with Crippen LogP contribution >= 0.6 is 0 Å². The highest BCUT2D eigenvalue weighted by molar-refractivity contribution is 5.09. The van der Waals surface area contributed by atoms with Gasteiger partial charge < -0.3 is 0 Å². The Morgan fingerprint density at radius 2 is 2.40 bits per heavy atom. The predicted molar refractivity (Wildman–Crippen MR) is 40.0 cm³/mol. The summed E-state index contributed by atoms with van der Waals surface area (Å²) in [5, 5.41) is 0. The van der Waals surface area contributed by atoms with Crippen LogP contribution in [0, 0.1) is 6.92 Å². The van der Waals surface area contributed by atoms with Crippen molar-refractivity contribution < 1.29 is 0 Å². The predicted octanol–water partition coefficient (Wildman–Crippen LogP) is 0.353. The highest BCUT2D eigenvalue weighted by Crippen LogP contribution is 1.95. The first-order valence-electron chi connectivity index (χ1n) is 3.19. The van der Waals surface area contributed by atoms with Crippen LogP contribution in [0.1, 0.15) is 11.4 Å². The maximum atomic E-state index is 5.12. The lowest BCUT2D eigenvalue weighted by atomic mass is 10.3. The number of hydrazine groups is 1. The van der Waals surface area contributed by atoms with Crippen molar-refractivity contribution in [1.29, 1.82) is 0 Å². The summed E-state index contributed by atoms with van der Waals surface area (Å²) in [5.41, 5.74) is 4.54. The maximum Gasteiger partial charge on any atom is 0.0558 e. The van der Waals surface area contributed by atoms with Crippen molar-refractivity contribution in [3.05, 3.63) is 29.6 Å². The summed E-state index contributed by atoms with van der Waals surface area (Å²) in [7, 11) is 0. The molecule has 3 N–H and O–H groups in total. The van der Waals surface area contributed by atoms with Crippen molar-refractivity contribution in [1.82, 2.24) is 10.4 Å². The highest BCUT2D eigenvalue weighted by Gasteiger charge is 1.90. The first-order valence-corrected chi connectivity index (χ1v) is 3.19. The quantitative estimate of drug-likeness (QED) is 0.457. The molecule has 54 valence electrons. The summed E-state index contributed by atoms with van der Waals surface area (Å²) < 4.78 is 0. The van der Waals surface area contributed by atoms with Crippen LogP contribution in [-0.4, -0.2) is 4.98 Å². The van der Waals surface area contributed by atoms with Crippen LogP contribution in [0.15, 0.2) is 18.2 Å². The van der Waals surface area contributed by atoms with E-state index in [-0.39, 0.29) is 0 Å². The van der Waals surface area contributed by atoms with Crippen molar-refractivity contribution >= 4 is 0 Å². The number of rotatable bonds is 2. The lowest BCUT2D eigenvalue weighted by Gasteiger charge is -1.98. The van der Waals surface area contributed by atoms with Gasteiger partial charge in [-0.15, -0.1) is 0 Å². The molecule has 0 aliphatic rings. The molecule has 1 heterocycles. The molecule has 0 aromatic carbocycles. The van der Waals surface area contributed by atoms with E-state index in [0.29, 0.717) is 6.54 Å². The molecule has 0 spiro atoms. The van der Waals surface area contributed by atoms with E-state index >= 15 is 0 Å². The average Bonchev–Trinajstić information content (AvgIpc) is 1.88. The Labute approximate surface area is 60.2 Å². The minimum atomic E-state index is 0.627. The third-order valence-corrected chi connectivity index (χ3v) is 1.23. The molecule has 3 heteroatoms. The van der Waals surface area contributed by atoms with E-state index in [1.54, 1.807) is 0 Å². The lowest BCUT2D eigenvalue weighted by molar-refractivity contribution is 0.720. The van der Waals surface area contributed by atoms with Gasteiger partial charge in [-0.2, -0.15) is 0 Å². The number of hydrogen-bond acceptors (Lipinski definition) is 3. The minimum absolute atomic E-state index is 0.627. The standard InChI is InChI=1S/C7H11N3/c1-6-3-2-4-7(10-6)5-9-8/h2-4,9H,5,8H2,1H3. The fourth-order valence-electron chi connectivity index (χ4n) is 0.803. The van der Waals surface area contributed by atoms with Gasteiger partial charge in [0, 0.05) is 5.69 Å². The van der Waals surface area contributed by atoms with Gasteiger partial charge in [-0.05, 0) is 19.1 Å². The second-order valence-corrected chi connectivity index (χ2v) is 2.15. The number of hydrogen-bond donors (Lipinski definition) is 2. The maximum absolute atomic E-state index is 5.12. The summed E-state index contributed by atoms with van der Waals surface area (Å²) in [5.74, 6) is 5.12. The molecule has 10 heavy (non-hydrogen) atoms. The molecular weight excluding hydrogens is 126 g/mol. The van der Waals surface area contributed by atoms with Crippen molar-refractivity contribution in [3.8, 4) is 0 Å². The lowest BCUT2D eigenvalue weighted by Crippen LogP contribution is -2.21. The topological polar surface area (TPSA) is 50.9 Å². The molecule has 0 saturated carbocycles. The molecule has 1 aromatic heterocycles. The van der Waals surface area contributed by atoms with Crippen LogP contribution in [0.25, 0.3) is 0 Å². The van der Waals surface area contributed by atoms with Gasteiger partial charge in [0.2, 0.25) is 0 Å². The molecule has 1 rings (SSSR count). The van der Waals surface area contributed by atoms with E-state index in [4.69, 9.17) is 5.84 Å². The monoisotopic (exact) mass is 137 g/mol. The van der Waals surface area contributed by atoms with E-state index in [0.717, 1.165) is 11.4 Å². The number of aryl methyl sites for hydroxylation is 1. The smallest absolute Gasteiger partial charge is 0.0558 e. The van der Waals surface area contributed by atoms with Crippen LogP contribution < -0.4 is 11.3 Å². The number of pyridine rings is 1. The van der Waals surface area contributed by atoms with E-state index < -0.39 is 0 Å². The minimum Gasteiger partial charge on any atom is -0.271 e. The second kappa shape index (κ2) is 3.29. The largest absolute Gasteiger partial charge is 0.271 e. The van der Waals surface area contributed by atoms with Gasteiger partial charge in [-0.25, -0.2) is 0 Å². The van der Waals surface area contributed by atoms with Gasteiger partial charge in [0.05, 0.1) is 12.2 Å². The molecule has 0 radical (unpaired) electrons. The highest BCUT2D eigenvalue weighted by atomic mass is 15.2. The number of nitrogens with one attached hydrogen (secondary N) is 1. The number of nitrogens with two attached hydrogens (primary N) is 1. The van der Waals surface area contributed by atoms with Crippen molar-refractivity contribution in [3.63, 3.8) is 0 Å². The molecule has 0 aliphatic carbocycles. The molecule has 0 aliphatic heterocycles. The Balaban J connectivity index is 2.75. The Morgan fingerprint density at radius 3 is 3.00 bits per heavy atom. The molecule has 0 amide bonds. The van der Waals surface area contributed by atoms with E-state index in [1.165, 1.54) is 0 Å². The molecular formula is C7H11N3. The van der Waals surface area contributed by atoms with Crippen molar-refractivity contribution in [2.45, 2.75) is 13.5 Å². The third kappa shape index (κ3) is 1.79. The molecule has 0 saturated heterocycles. The molecule has 3 nitrogen and oxygen atoms in total. The molecule has 0 fully saturated rings. The van der Waals surface area contributed by atoms with E-state index in [9.17, 15) is 0 Å². The van der Waals surface area contributed by atoms with Crippen LogP contribution in [-0.2, 0) is 6.54 Å². The van der Waals surface area contributed by atoms with Crippen LogP contribution in [0.2, 0.25) is 0 Å². The SMILES string of the molecule is Cc1cccc(CNN)n1. The molecule has 0 unspecified atom stereocenters. The van der Waals surface area contributed by atoms with Crippen LogP contribution in [0.5, 0.6) is 0 Å². The summed E-state index contributed by atoms with van der Waals surface area (Å²) >= 11 is 0. The zero-order valence-electron chi connectivity index (χ0n) is 5.96. The van der Waals surface area contributed by atoms with Crippen LogP contribution in [0.4, 0.5) is 0 Å². The number of aromatic nitrogens is 1. The van der Waals surface area contributed by atoms with Gasteiger partial charge >= 0.3 is 0 Å². The second-order valence-electron chi connectivity index (χ2n) is 2.15. The first kappa shape index (κ1) is 7.18. The summed E-state index contributed by atoms with van der Waals surface area (Å²) in [6.07, 6.45) is 0. The van der Waals surface area contributed by atoms with E-state index in [1.807, 2.05) is 25.1 Å². The van der Waals surface area contributed by atoms with Gasteiger partial charge in [0.25, 0.3) is 0 Å². The fraction of sp³-hybridized carbons (Fsp3) is 0.286. The zero-order chi connectivity index (χ0) is 7.40. The summed E-state index contributed by atoms with van der Waals surface area (Å²) in [6, 6.07) is 5.86. The fourth-order valence-corrected chi connectivity index (χ4v) is 0.803. The van der Waals surface area contributed by atoms with Crippen molar-refractivity contribution in [2.75, 3.05) is 0 Å². The Hall–Kier alpha value is -0.930. The van der Waals surface area contributed by atoms with Gasteiger partial charge in [0.15, 0.2) is 0 Å². The Morgan fingerprint density at radius 1 is 1.60 bits per heavy atom. The summed E-state index contributed by atoms with van der Waals surface area (Å²) in [4.78, 5) is 4.22. The van der Waals surface area contributed by atoms with Gasteiger partial charge in [-0.1, -0.05) is 6.07 Å². The summed E-state index contributed by atoms with van der Waals surface area (Å²) in [6.45, 7) is 2.59. The van der Waals surface area contributed by atoms with Gasteiger partial charge in [-0.3, -0.25) is 16.3 Å². The Kier molecular flexibility index (Phi) is 2.36. The third-order valence-electron chi connectivity index (χ3n) is 1.23. The van der Waals surface area contributed by atoms with Crippen LogP contribution in [0.3, 0.4) is 0 Å². The Bertz CT molecular complexity index is 210.